The molecular formula is C8H5F3INO4. The van der Waals surface area contributed by atoms with Gasteiger partial charge in [0.1, 0.15) is 9.26 Å². The van der Waals surface area contributed by atoms with E-state index in [9.17, 15) is 23.1 Å². The van der Waals surface area contributed by atoms with Crippen molar-refractivity contribution in [3.63, 3.8) is 0 Å². The number of rotatable bonds is 2. The van der Waals surface area contributed by atoms with Crippen LogP contribution in [0.3, 0.4) is 0 Å². The Balaban J connectivity index is 3.30. The molecule has 0 unspecified atom stereocenters. The van der Waals surface area contributed by atoms with Gasteiger partial charge in [-0.2, -0.15) is 0 Å². The molecule has 0 atom stereocenters. The molecule has 0 spiro atoms. The standard InChI is InChI=1S/C8H5F3INO4/c1-16-7(15)4-3(17-8(9,10)11)2-13-6(12)5(4)14/h2,14H,1H3. The molecule has 0 aliphatic heterocycles. The van der Waals surface area contributed by atoms with E-state index in [1.807, 2.05) is 0 Å². The first-order valence-corrected chi connectivity index (χ1v) is 5.05. The predicted molar refractivity (Wildman–Crippen MR) is 56.6 cm³/mol. The van der Waals surface area contributed by atoms with E-state index >= 15 is 0 Å². The summed E-state index contributed by atoms with van der Waals surface area (Å²) in [5.41, 5.74) is -0.718. The summed E-state index contributed by atoms with van der Waals surface area (Å²) in [7, 11) is 0.965. The third-order valence-electron chi connectivity index (χ3n) is 1.59. The van der Waals surface area contributed by atoms with Gasteiger partial charge in [0.15, 0.2) is 11.5 Å². The Morgan fingerprint density at radius 1 is 1.53 bits per heavy atom. The maximum absolute atomic E-state index is 12.0. The van der Waals surface area contributed by atoms with Crippen LogP contribution in [0.5, 0.6) is 11.5 Å². The van der Waals surface area contributed by atoms with Gasteiger partial charge < -0.3 is 14.6 Å². The summed E-state index contributed by atoms with van der Waals surface area (Å²) in [5.74, 6) is -2.79. The lowest BCUT2D eigenvalue weighted by atomic mass is 10.2. The zero-order chi connectivity index (χ0) is 13.2. The van der Waals surface area contributed by atoms with Crippen LogP contribution in [0.2, 0.25) is 0 Å². The first-order chi connectivity index (χ1) is 7.76. The molecule has 0 bridgehead atoms. The van der Waals surface area contributed by atoms with Gasteiger partial charge in [-0.3, -0.25) is 0 Å². The number of carbonyl (C=O) groups excluding carboxylic acids is 1. The molecule has 0 radical (unpaired) electrons. The van der Waals surface area contributed by atoms with Crippen LogP contribution in [0.15, 0.2) is 6.20 Å². The van der Waals surface area contributed by atoms with Gasteiger partial charge in [-0.15, -0.1) is 13.2 Å². The highest BCUT2D eigenvalue weighted by Crippen LogP contribution is 2.34. The Bertz CT molecular complexity index is 449. The molecule has 0 aliphatic rings. The normalized spacial score (nSPS) is 11.1. The van der Waals surface area contributed by atoms with E-state index in [2.05, 4.69) is 14.5 Å². The number of aromatic hydroxyl groups is 1. The van der Waals surface area contributed by atoms with Gasteiger partial charge in [0.05, 0.1) is 13.3 Å². The second kappa shape index (κ2) is 4.94. The quantitative estimate of drug-likeness (QED) is 0.495. The molecule has 17 heavy (non-hydrogen) atoms. The van der Waals surface area contributed by atoms with E-state index < -0.39 is 29.4 Å². The second-order valence-corrected chi connectivity index (χ2v) is 3.70. The van der Waals surface area contributed by atoms with Crippen LogP contribution < -0.4 is 4.74 Å². The van der Waals surface area contributed by atoms with Crippen LogP contribution >= 0.6 is 22.6 Å². The van der Waals surface area contributed by atoms with Crippen molar-refractivity contribution in [2.24, 2.45) is 0 Å². The van der Waals surface area contributed by atoms with Crippen molar-refractivity contribution in [2.75, 3.05) is 7.11 Å². The van der Waals surface area contributed by atoms with E-state index in [0.29, 0.717) is 6.20 Å². The van der Waals surface area contributed by atoms with Gasteiger partial charge in [-0.25, -0.2) is 9.78 Å². The number of hydrogen-bond acceptors (Lipinski definition) is 5. The van der Waals surface area contributed by atoms with E-state index in [1.165, 1.54) is 0 Å². The smallest absolute Gasteiger partial charge is 0.504 e. The van der Waals surface area contributed by atoms with Gasteiger partial charge in [0, 0.05) is 0 Å². The molecule has 1 aromatic heterocycles. The number of alkyl halides is 3. The van der Waals surface area contributed by atoms with E-state index in [4.69, 9.17) is 0 Å². The number of nitrogens with zero attached hydrogens (tertiary/aromatic N) is 1. The van der Waals surface area contributed by atoms with Crippen molar-refractivity contribution in [2.45, 2.75) is 6.36 Å². The predicted octanol–water partition coefficient (Wildman–Crippen LogP) is 2.08. The summed E-state index contributed by atoms with van der Waals surface area (Å²) < 4.78 is 43.9. The van der Waals surface area contributed by atoms with Crippen LogP contribution in [-0.4, -0.2) is 29.5 Å². The molecule has 0 aromatic carbocycles. The Kier molecular flexibility index (Phi) is 4.01. The number of halogens is 4. The fraction of sp³-hybridized carbons (Fsp3) is 0.250. The van der Waals surface area contributed by atoms with Crippen LogP contribution in [0.25, 0.3) is 0 Å². The molecular weight excluding hydrogens is 358 g/mol. The molecule has 5 nitrogen and oxygen atoms in total. The maximum atomic E-state index is 12.0. The Labute approximate surface area is 107 Å². The van der Waals surface area contributed by atoms with E-state index in [0.717, 1.165) is 7.11 Å². The van der Waals surface area contributed by atoms with Crippen LogP contribution in [-0.2, 0) is 4.74 Å². The number of methoxy groups -OCH3 is 1. The van der Waals surface area contributed by atoms with Crippen molar-refractivity contribution in [1.82, 2.24) is 4.98 Å². The zero-order valence-electron chi connectivity index (χ0n) is 8.21. The molecule has 1 aromatic rings. The summed E-state index contributed by atoms with van der Waals surface area (Å²) in [6, 6.07) is 0. The van der Waals surface area contributed by atoms with Crippen molar-refractivity contribution in [3.8, 4) is 11.5 Å². The molecule has 1 N–H and O–H groups in total. The summed E-state index contributed by atoms with van der Waals surface area (Å²) in [5, 5.41) is 9.46. The second-order valence-electron chi connectivity index (χ2n) is 2.68. The molecule has 0 fully saturated rings. The average molecular weight is 363 g/mol. The molecule has 0 saturated heterocycles. The number of hydrogen-bond donors (Lipinski definition) is 1. The highest BCUT2D eigenvalue weighted by Gasteiger charge is 2.35. The Hall–Kier alpha value is -1.26. The largest absolute Gasteiger partial charge is 0.573 e. The van der Waals surface area contributed by atoms with Gasteiger partial charge in [-0.05, 0) is 22.6 Å². The summed E-state index contributed by atoms with van der Waals surface area (Å²) in [6.07, 6.45) is -4.31. The number of carbonyl (C=O) groups is 1. The number of aromatic nitrogens is 1. The number of ether oxygens (including phenoxy) is 2. The minimum atomic E-state index is -5.00. The molecule has 1 heterocycles. The Morgan fingerprint density at radius 2 is 2.12 bits per heavy atom. The number of esters is 1. The van der Waals surface area contributed by atoms with Gasteiger partial charge >= 0.3 is 12.3 Å². The van der Waals surface area contributed by atoms with Crippen LogP contribution in [0.1, 0.15) is 10.4 Å². The van der Waals surface area contributed by atoms with Gasteiger partial charge in [0.25, 0.3) is 0 Å². The fourth-order valence-corrected chi connectivity index (χ4v) is 1.37. The Morgan fingerprint density at radius 3 is 2.59 bits per heavy atom. The van der Waals surface area contributed by atoms with E-state index in [-0.39, 0.29) is 3.70 Å². The highest BCUT2D eigenvalue weighted by molar-refractivity contribution is 14.1. The van der Waals surface area contributed by atoms with Crippen LogP contribution in [0, 0.1) is 3.70 Å². The minimum absolute atomic E-state index is 0.0440. The summed E-state index contributed by atoms with van der Waals surface area (Å²) in [4.78, 5) is 14.7. The van der Waals surface area contributed by atoms with Crippen molar-refractivity contribution >= 4 is 28.6 Å². The van der Waals surface area contributed by atoms with Gasteiger partial charge in [-0.1, -0.05) is 0 Å². The fourth-order valence-electron chi connectivity index (χ4n) is 0.962. The topological polar surface area (TPSA) is 68.7 Å². The molecule has 0 amide bonds. The first kappa shape index (κ1) is 13.8. The summed E-state index contributed by atoms with van der Waals surface area (Å²) >= 11 is 1.55. The highest BCUT2D eigenvalue weighted by atomic mass is 127. The SMILES string of the molecule is COC(=O)c1c(OC(F)(F)F)cnc(I)c1O. The molecule has 9 heteroatoms. The molecule has 94 valence electrons. The third-order valence-corrected chi connectivity index (χ3v) is 2.38. The lowest BCUT2D eigenvalue weighted by Crippen LogP contribution is -2.20. The van der Waals surface area contributed by atoms with Gasteiger partial charge in [0.2, 0.25) is 0 Å². The van der Waals surface area contributed by atoms with Crippen molar-refractivity contribution in [3.05, 3.63) is 15.5 Å². The van der Waals surface area contributed by atoms with Crippen molar-refractivity contribution in [1.29, 1.82) is 0 Å². The first-order valence-electron chi connectivity index (χ1n) is 3.97. The zero-order valence-corrected chi connectivity index (χ0v) is 10.4. The lowest BCUT2D eigenvalue weighted by molar-refractivity contribution is -0.274. The third kappa shape index (κ3) is 3.35. The number of pyridine rings is 1. The molecule has 0 aliphatic carbocycles. The maximum Gasteiger partial charge on any atom is 0.573 e. The lowest BCUT2D eigenvalue weighted by Gasteiger charge is -2.13. The van der Waals surface area contributed by atoms with E-state index in [1.54, 1.807) is 22.6 Å². The monoisotopic (exact) mass is 363 g/mol. The summed E-state index contributed by atoms with van der Waals surface area (Å²) in [6.45, 7) is 0. The minimum Gasteiger partial charge on any atom is -0.504 e. The van der Waals surface area contributed by atoms with Crippen LogP contribution in [0.4, 0.5) is 13.2 Å². The molecule has 1 rings (SSSR count). The average Bonchev–Trinajstić information content (AvgIpc) is 2.21. The molecule has 0 saturated carbocycles. The van der Waals surface area contributed by atoms with Crippen molar-refractivity contribution < 1.29 is 32.5 Å².